The molecule has 3 aromatic rings. The Hall–Kier alpha value is -2.51. The largest absolute Gasteiger partial charge is 0.440 e. The first kappa shape index (κ1) is 15.0. The standard InChI is InChI=1S/C16H16F2N4O2/c1-9-3-2-4-11-12(9)23-14(19-11)10-5-7-22(8-6-10)16-21-20-15(24-16)13(17)18/h2-4,10,13H,5-8H2,1H3. The number of hydrogen-bond donors (Lipinski definition) is 0. The van der Waals surface area contributed by atoms with Crippen LogP contribution in [0.3, 0.4) is 0 Å². The molecule has 1 saturated heterocycles. The lowest BCUT2D eigenvalue weighted by Crippen LogP contribution is -2.33. The van der Waals surface area contributed by atoms with Crippen molar-refractivity contribution in [1.29, 1.82) is 0 Å². The van der Waals surface area contributed by atoms with Crippen LogP contribution in [0.25, 0.3) is 11.1 Å². The topological polar surface area (TPSA) is 68.2 Å². The summed E-state index contributed by atoms with van der Waals surface area (Å²) in [6.45, 7) is 3.26. The number of fused-ring (bicyclic) bond motifs is 1. The summed E-state index contributed by atoms with van der Waals surface area (Å²) in [5.74, 6) is 0.296. The van der Waals surface area contributed by atoms with Gasteiger partial charge in [0, 0.05) is 19.0 Å². The summed E-state index contributed by atoms with van der Waals surface area (Å²) in [5, 5.41) is 7.06. The van der Waals surface area contributed by atoms with E-state index in [-0.39, 0.29) is 11.9 Å². The van der Waals surface area contributed by atoms with Gasteiger partial charge in [-0.2, -0.15) is 8.78 Å². The molecule has 0 atom stereocenters. The van der Waals surface area contributed by atoms with Gasteiger partial charge in [0.15, 0.2) is 11.5 Å². The van der Waals surface area contributed by atoms with E-state index in [0.29, 0.717) is 13.1 Å². The van der Waals surface area contributed by atoms with E-state index in [1.54, 1.807) is 0 Å². The van der Waals surface area contributed by atoms with E-state index in [4.69, 9.17) is 8.83 Å². The summed E-state index contributed by atoms with van der Waals surface area (Å²) in [7, 11) is 0. The zero-order chi connectivity index (χ0) is 16.7. The highest BCUT2D eigenvalue weighted by molar-refractivity contribution is 5.76. The van der Waals surface area contributed by atoms with Crippen LogP contribution in [0.4, 0.5) is 14.8 Å². The Bertz CT molecular complexity index is 853. The summed E-state index contributed by atoms with van der Waals surface area (Å²) >= 11 is 0. The zero-order valence-electron chi connectivity index (χ0n) is 13.1. The predicted molar refractivity (Wildman–Crippen MR) is 82.2 cm³/mol. The zero-order valence-corrected chi connectivity index (χ0v) is 13.1. The van der Waals surface area contributed by atoms with Crippen LogP contribution < -0.4 is 4.90 Å². The third kappa shape index (κ3) is 2.61. The molecular weight excluding hydrogens is 318 g/mol. The summed E-state index contributed by atoms with van der Waals surface area (Å²) in [4.78, 5) is 6.41. The van der Waals surface area contributed by atoms with Crippen molar-refractivity contribution in [3.63, 3.8) is 0 Å². The van der Waals surface area contributed by atoms with E-state index < -0.39 is 12.3 Å². The van der Waals surface area contributed by atoms with Gasteiger partial charge in [0.1, 0.15) is 5.52 Å². The molecule has 0 radical (unpaired) electrons. The smallest absolute Gasteiger partial charge is 0.318 e. The molecule has 0 aliphatic carbocycles. The van der Waals surface area contributed by atoms with E-state index in [0.717, 1.165) is 35.4 Å². The van der Waals surface area contributed by atoms with Gasteiger partial charge in [-0.25, -0.2) is 4.98 Å². The molecule has 0 saturated carbocycles. The normalized spacial score (nSPS) is 16.4. The molecular formula is C16H16F2N4O2. The van der Waals surface area contributed by atoms with Crippen LogP contribution in [0.2, 0.25) is 0 Å². The van der Waals surface area contributed by atoms with Crippen LogP contribution in [-0.4, -0.2) is 28.3 Å². The minimum Gasteiger partial charge on any atom is -0.440 e. The second-order valence-electron chi connectivity index (χ2n) is 5.96. The summed E-state index contributed by atoms with van der Waals surface area (Å²) < 4.78 is 36.0. The Balaban J connectivity index is 1.47. The van der Waals surface area contributed by atoms with Crippen LogP contribution in [-0.2, 0) is 0 Å². The number of rotatable bonds is 3. The maximum Gasteiger partial charge on any atom is 0.318 e. The number of oxazole rings is 1. The summed E-state index contributed by atoms with van der Waals surface area (Å²) in [6, 6.07) is 6.05. The van der Waals surface area contributed by atoms with Gasteiger partial charge in [-0.3, -0.25) is 0 Å². The Morgan fingerprint density at radius 1 is 1.17 bits per heavy atom. The maximum atomic E-state index is 12.5. The second kappa shape index (κ2) is 5.85. The van der Waals surface area contributed by atoms with Gasteiger partial charge < -0.3 is 13.7 Å². The van der Waals surface area contributed by atoms with Crippen molar-refractivity contribution < 1.29 is 17.6 Å². The summed E-state index contributed by atoms with van der Waals surface area (Å²) in [5.41, 5.74) is 2.76. The molecule has 0 N–H and O–H groups in total. The number of benzene rings is 1. The maximum absolute atomic E-state index is 12.5. The van der Waals surface area contributed by atoms with Crippen LogP contribution >= 0.6 is 0 Å². The lowest BCUT2D eigenvalue weighted by Gasteiger charge is -2.28. The van der Waals surface area contributed by atoms with Crippen molar-refractivity contribution in [3.8, 4) is 0 Å². The van der Waals surface area contributed by atoms with E-state index >= 15 is 0 Å². The van der Waals surface area contributed by atoms with Gasteiger partial charge in [-0.05, 0) is 31.4 Å². The Kier molecular flexibility index (Phi) is 3.66. The van der Waals surface area contributed by atoms with Crippen LogP contribution in [0.15, 0.2) is 27.0 Å². The van der Waals surface area contributed by atoms with Crippen LogP contribution in [0.5, 0.6) is 0 Å². The average Bonchev–Trinajstić information content (AvgIpc) is 3.23. The summed E-state index contributed by atoms with van der Waals surface area (Å²) in [6.07, 6.45) is -1.16. The van der Waals surface area contributed by atoms with Crippen LogP contribution in [0, 0.1) is 6.92 Å². The van der Waals surface area contributed by atoms with Gasteiger partial charge in [0.25, 0.3) is 5.89 Å². The molecule has 3 heterocycles. The van der Waals surface area contributed by atoms with Gasteiger partial charge >= 0.3 is 12.4 Å². The number of alkyl halides is 2. The van der Waals surface area contributed by atoms with Crippen molar-refractivity contribution >= 4 is 17.1 Å². The SMILES string of the molecule is Cc1cccc2nc(C3CCN(c4nnc(C(F)F)o4)CC3)oc12. The van der Waals surface area contributed by atoms with E-state index in [1.165, 1.54) is 0 Å². The lowest BCUT2D eigenvalue weighted by atomic mass is 9.97. The van der Waals surface area contributed by atoms with Gasteiger partial charge in [-0.1, -0.05) is 17.2 Å². The molecule has 24 heavy (non-hydrogen) atoms. The first-order valence-electron chi connectivity index (χ1n) is 7.84. The minimum absolute atomic E-state index is 0.150. The van der Waals surface area contributed by atoms with Crippen molar-refractivity contribution in [2.75, 3.05) is 18.0 Å². The monoisotopic (exact) mass is 334 g/mol. The average molecular weight is 334 g/mol. The number of aromatic nitrogens is 3. The Labute approximate surface area is 136 Å². The number of piperidine rings is 1. The molecule has 0 spiro atoms. The molecule has 1 fully saturated rings. The molecule has 0 bridgehead atoms. The Morgan fingerprint density at radius 3 is 2.62 bits per heavy atom. The van der Waals surface area contributed by atoms with E-state index in [9.17, 15) is 8.78 Å². The number of para-hydroxylation sites is 1. The number of hydrogen-bond acceptors (Lipinski definition) is 6. The molecule has 4 rings (SSSR count). The molecule has 1 aromatic carbocycles. The molecule has 2 aromatic heterocycles. The number of nitrogens with zero attached hydrogens (tertiary/aromatic N) is 4. The predicted octanol–water partition coefficient (Wildman–Crippen LogP) is 3.84. The van der Waals surface area contributed by atoms with Crippen molar-refractivity contribution in [3.05, 3.63) is 35.5 Å². The third-order valence-corrected chi connectivity index (χ3v) is 4.36. The quantitative estimate of drug-likeness (QED) is 0.725. The van der Waals surface area contributed by atoms with E-state index in [1.807, 2.05) is 30.0 Å². The van der Waals surface area contributed by atoms with E-state index in [2.05, 4.69) is 15.2 Å². The molecule has 126 valence electrons. The minimum atomic E-state index is -2.74. The highest BCUT2D eigenvalue weighted by Crippen LogP contribution is 2.32. The molecule has 0 unspecified atom stereocenters. The van der Waals surface area contributed by atoms with Gasteiger partial charge in [0.05, 0.1) is 0 Å². The molecule has 1 aliphatic heterocycles. The van der Waals surface area contributed by atoms with Crippen molar-refractivity contribution in [2.45, 2.75) is 32.1 Å². The number of anilines is 1. The van der Waals surface area contributed by atoms with Crippen molar-refractivity contribution in [2.24, 2.45) is 0 Å². The molecule has 6 nitrogen and oxygen atoms in total. The fourth-order valence-electron chi connectivity index (χ4n) is 3.04. The first-order valence-corrected chi connectivity index (χ1v) is 7.84. The fraction of sp³-hybridized carbons (Fsp3) is 0.438. The number of halogens is 2. The molecule has 8 heteroatoms. The molecule has 0 amide bonds. The van der Waals surface area contributed by atoms with Crippen LogP contribution in [0.1, 0.15) is 42.5 Å². The highest BCUT2D eigenvalue weighted by Gasteiger charge is 2.28. The second-order valence-corrected chi connectivity index (χ2v) is 5.96. The number of aryl methyl sites for hydroxylation is 1. The van der Waals surface area contributed by atoms with Gasteiger partial charge in [0.2, 0.25) is 0 Å². The lowest BCUT2D eigenvalue weighted by molar-refractivity contribution is 0.115. The van der Waals surface area contributed by atoms with Gasteiger partial charge in [-0.15, -0.1) is 5.10 Å². The molecule has 1 aliphatic rings. The fourth-order valence-corrected chi connectivity index (χ4v) is 3.04. The Morgan fingerprint density at radius 2 is 1.96 bits per heavy atom. The van der Waals surface area contributed by atoms with Crippen molar-refractivity contribution in [1.82, 2.24) is 15.2 Å². The highest BCUT2D eigenvalue weighted by atomic mass is 19.3. The third-order valence-electron chi connectivity index (χ3n) is 4.36. The first-order chi connectivity index (χ1) is 11.6.